The number of alkyl halides is 1. The fraction of sp³-hybridized carbons (Fsp3) is 0.419. The maximum Gasteiger partial charge on any atom is 0.459 e. The number of hydrogen-bond acceptors (Lipinski definition) is 12. The molecule has 0 aliphatic carbocycles. The fourth-order valence-corrected chi connectivity index (χ4v) is 6.48. The number of ether oxygens (including phenoxy) is 2. The van der Waals surface area contributed by atoms with Gasteiger partial charge in [0.25, 0.3) is 0 Å². The van der Waals surface area contributed by atoms with Gasteiger partial charge in [0, 0.05) is 12.4 Å². The number of imidazole rings is 1. The van der Waals surface area contributed by atoms with Gasteiger partial charge >= 0.3 is 13.7 Å². The molecule has 1 unspecified atom stereocenters. The third kappa shape index (κ3) is 7.02. The minimum atomic E-state index is -4.47. The second-order valence-electron chi connectivity index (χ2n) is 12.3. The van der Waals surface area contributed by atoms with Crippen LogP contribution < -0.4 is 20.7 Å². The summed E-state index contributed by atoms with van der Waals surface area (Å²) in [6.07, 6.45) is 1.76. The number of nitrogens with one attached hydrogen (secondary N) is 2. The SMILES string of the molecule is C#C[C@@]1(F)[C@H](O)[C@@H](COP(=O)(N[C@@H](C)C(=O)OCC(C)(C)C)Oc2cccc3ccccc23)O[C@H]1n1cnc2c(NC)nc(N)nc21. The van der Waals surface area contributed by atoms with Crippen molar-refractivity contribution < 1.29 is 37.4 Å². The standard InChI is InChI=1S/C31H37FN7O7P/c1-7-31(32)24(40)22(45-28(31)39-17-35-23-25(34-6)36-29(33)37-26(23)39)15-44-47(42,38-18(2)27(41)43-16-30(3,4)5)46-21-14-10-12-19-11-8-9-13-20(19)21/h1,8-14,17-18,22,24,28,40H,15-16H2,2-6H3,(H,38,42)(H3,33,34,36,37)/t18-,22+,24+,28+,31+,47?/m0/s1. The van der Waals surface area contributed by atoms with E-state index in [0.717, 1.165) is 5.39 Å². The number of carbonyl (C=O) groups excluding carboxylic acids is 1. The molecule has 2 aromatic carbocycles. The van der Waals surface area contributed by atoms with E-state index < -0.39 is 50.5 Å². The van der Waals surface area contributed by atoms with E-state index in [1.54, 1.807) is 31.3 Å². The van der Waals surface area contributed by atoms with Crippen LogP contribution in [0.2, 0.25) is 0 Å². The van der Waals surface area contributed by atoms with E-state index in [9.17, 15) is 14.5 Å². The van der Waals surface area contributed by atoms with Gasteiger partial charge in [0.15, 0.2) is 23.2 Å². The number of nitrogens with two attached hydrogens (primary N) is 1. The number of aliphatic hydroxyl groups excluding tert-OH is 1. The molecule has 6 atom stereocenters. The summed E-state index contributed by atoms with van der Waals surface area (Å²) >= 11 is 0. The van der Waals surface area contributed by atoms with Crippen LogP contribution >= 0.6 is 7.75 Å². The Hall–Kier alpha value is -4.32. The monoisotopic (exact) mass is 669 g/mol. The first-order valence-electron chi connectivity index (χ1n) is 14.7. The van der Waals surface area contributed by atoms with Gasteiger partial charge in [-0.05, 0) is 23.8 Å². The third-order valence-electron chi connectivity index (χ3n) is 7.32. The highest BCUT2D eigenvalue weighted by atomic mass is 31.2. The molecule has 1 aliphatic heterocycles. The van der Waals surface area contributed by atoms with E-state index >= 15 is 4.39 Å². The van der Waals surface area contributed by atoms with E-state index in [1.807, 2.05) is 44.9 Å². The molecule has 0 radical (unpaired) electrons. The first kappa shape index (κ1) is 34.0. The lowest BCUT2D eigenvalue weighted by atomic mass is 9.97. The normalized spacial score (nSPS) is 23.2. The third-order valence-corrected chi connectivity index (χ3v) is 8.95. The van der Waals surface area contributed by atoms with E-state index in [2.05, 4.69) is 25.4 Å². The number of nitrogens with zero attached hydrogens (tertiary/aromatic N) is 4. The molecule has 250 valence electrons. The van der Waals surface area contributed by atoms with Gasteiger partial charge in [-0.1, -0.05) is 63.1 Å². The maximum atomic E-state index is 16.4. The van der Waals surface area contributed by atoms with Crippen LogP contribution in [0.25, 0.3) is 21.9 Å². The number of aromatic nitrogens is 4. The number of halogens is 1. The van der Waals surface area contributed by atoms with Crippen molar-refractivity contribution in [3.05, 3.63) is 48.8 Å². The van der Waals surface area contributed by atoms with Crippen molar-refractivity contribution in [2.45, 2.75) is 57.8 Å². The molecule has 3 heterocycles. The fourth-order valence-electron chi connectivity index (χ4n) is 4.96. The minimum Gasteiger partial charge on any atom is -0.464 e. The Labute approximate surface area is 270 Å². The lowest BCUT2D eigenvalue weighted by Crippen LogP contribution is -2.42. The number of hydrogen-bond donors (Lipinski definition) is 4. The summed E-state index contributed by atoms with van der Waals surface area (Å²) in [5.41, 5.74) is 3.07. The average Bonchev–Trinajstić information content (AvgIpc) is 3.56. The quantitative estimate of drug-likeness (QED) is 0.102. The molecule has 0 bridgehead atoms. The molecule has 47 heavy (non-hydrogen) atoms. The zero-order valence-electron chi connectivity index (χ0n) is 26.5. The number of rotatable bonds is 11. The average molecular weight is 670 g/mol. The molecule has 1 aliphatic rings. The Balaban J connectivity index is 1.43. The zero-order valence-corrected chi connectivity index (χ0v) is 27.4. The lowest BCUT2D eigenvalue weighted by molar-refractivity contribution is -0.148. The second kappa shape index (κ2) is 13.1. The summed E-state index contributed by atoms with van der Waals surface area (Å²) in [5.74, 6) is 1.62. The zero-order chi connectivity index (χ0) is 34.1. The molecule has 5 N–H and O–H groups in total. The number of anilines is 2. The Morgan fingerprint density at radius 3 is 2.70 bits per heavy atom. The van der Waals surface area contributed by atoms with Gasteiger partial charge in [-0.3, -0.25) is 13.9 Å². The van der Waals surface area contributed by atoms with E-state index in [1.165, 1.54) is 17.8 Å². The van der Waals surface area contributed by atoms with Crippen molar-refractivity contribution in [1.82, 2.24) is 24.6 Å². The van der Waals surface area contributed by atoms with Crippen molar-refractivity contribution in [3.8, 4) is 18.1 Å². The number of esters is 1. The summed E-state index contributed by atoms with van der Waals surface area (Å²) in [6.45, 7) is 6.56. The van der Waals surface area contributed by atoms with E-state index in [-0.39, 0.29) is 40.7 Å². The largest absolute Gasteiger partial charge is 0.464 e. The molecular formula is C31H37FN7O7P. The van der Waals surface area contributed by atoms with E-state index in [4.69, 9.17) is 30.7 Å². The molecular weight excluding hydrogens is 632 g/mol. The topological polar surface area (TPSA) is 185 Å². The summed E-state index contributed by atoms with van der Waals surface area (Å²) < 4.78 is 54.9. The Morgan fingerprint density at radius 2 is 2.00 bits per heavy atom. The highest BCUT2D eigenvalue weighted by Crippen LogP contribution is 2.49. The summed E-state index contributed by atoms with van der Waals surface area (Å²) in [6, 6.07) is 11.2. The van der Waals surface area contributed by atoms with Crippen LogP contribution in [0, 0.1) is 17.8 Å². The summed E-state index contributed by atoms with van der Waals surface area (Å²) in [5, 5.41) is 18.0. The number of carbonyl (C=O) groups is 1. The number of fused-ring (bicyclic) bond motifs is 2. The molecule has 0 saturated carbocycles. The van der Waals surface area contributed by atoms with Gasteiger partial charge in [0.2, 0.25) is 11.6 Å². The van der Waals surface area contributed by atoms with Crippen LogP contribution in [0.3, 0.4) is 0 Å². The van der Waals surface area contributed by atoms with Gasteiger partial charge in [-0.2, -0.15) is 15.1 Å². The van der Waals surface area contributed by atoms with Gasteiger partial charge in [0.1, 0.15) is 24.0 Å². The number of benzene rings is 2. The van der Waals surface area contributed by atoms with Crippen molar-refractivity contribution >= 4 is 47.4 Å². The van der Waals surface area contributed by atoms with Crippen molar-refractivity contribution in [1.29, 1.82) is 0 Å². The Kier molecular flexibility index (Phi) is 9.45. The number of nitrogen functional groups attached to an aromatic ring is 1. The lowest BCUT2D eigenvalue weighted by Gasteiger charge is -2.26. The number of aliphatic hydroxyl groups is 1. The molecule has 0 spiro atoms. The van der Waals surface area contributed by atoms with Crippen LogP contribution in [0.5, 0.6) is 5.75 Å². The number of terminal acetylenes is 1. The molecule has 1 saturated heterocycles. The molecule has 1 fully saturated rings. The Morgan fingerprint density at radius 1 is 1.28 bits per heavy atom. The molecule has 16 heteroatoms. The second-order valence-corrected chi connectivity index (χ2v) is 14.0. The highest BCUT2D eigenvalue weighted by Gasteiger charge is 2.58. The molecule has 5 rings (SSSR count). The van der Waals surface area contributed by atoms with Crippen LogP contribution in [0.15, 0.2) is 48.8 Å². The molecule has 4 aromatic rings. The minimum absolute atomic E-state index is 0.0899. The molecule has 0 amide bonds. The van der Waals surface area contributed by atoms with Crippen molar-refractivity contribution in [3.63, 3.8) is 0 Å². The van der Waals surface area contributed by atoms with Crippen LogP contribution in [-0.4, -0.2) is 74.8 Å². The predicted octanol–water partition coefficient (Wildman–Crippen LogP) is 3.97. The van der Waals surface area contributed by atoms with Crippen LogP contribution in [-0.2, 0) is 23.4 Å². The highest BCUT2D eigenvalue weighted by molar-refractivity contribution is 7.52. The van der Waals surface area contributed by atoms with Crippen LogP contribution in [0.1, 0.15) is 33.9 Å². The first-order chi connectivity index (χ1) is 22.2. The molecule has 2 aromatic heterocycles. The van der Waals surface area contributed by atoms with Gasteiger partial charge < -0.3 is 30.2 Å². The van der Waals surface area contributed by atoms with Crippen molar-refractivity contribution in [2.24, 2.45) is 5.41 Å². The van der Waals surface area contributed by atoms with E-state index in [0.29, 0.717) is 5.39 Å². The summed E-state index contributed by atoms with van der Waals surface area (Å²) in [4.78, 5) is 25.3. The van der Waals surface area contributed by atoms with Gasteiger partial charge in [-0.15, -0.1) is 6.42 Å². The van der Waals surface area contributed by atoms with Crippen LogP contribution in [0.4, 0.5) is 16.2 Å². The van der Waals surface area contributed by atoms with Gasteiger partial charge in [0.05, 0.1) is 19.5 Å². The van der Waals surface area contributed by atoms with Crippen molar-refractivity contribution in [2.75, 3.05) is 31.3 Å². The first-order valence-corrected chi connectivity index (χ1v) is 16.3. The van der Waals surface area contributed by atoms with Gasteiger partial charge in [-0.25, -0.2) is 13.9 Å². The maximum absolute atomic E-state index is 16.4. The predicted molar refractivity (Wildman–Crippen MR) is 173 cm³/mol. The Bertz CT molecular complexity index is 1870. The summed E-state index contributed by atoms with van der Waals surface area (Å²) in [7, 11) is -2.87. The smallest absolute Gasteiger partial charge is 0.459 e. The molecule has 14 nitrogen and oxygen atoms in total.